The molecule has 3 N–H and O–H groups in total. The van der Waals surface area contributed by atoms with Crippen molar-refractivity contribution in [2.75, 3.05) is 10.6 Å². The first-order chi connectivity index (χ1) is 13.8. The maximum absolute atomic E-state index is 4.82. The Labute approximate surface area is 164 Å². The highest BCUT2D eigenvalue weighted by Gasteiger charge is 2.21. The van der Waals surface area contributed by atoms with Crippen LogP contribution >= 0.6 is 0 Å². The molecule has 1 aliphatic rings. The van der Waals surface area contributed by atoms with Crippen LogP contribution in [0.3, 0.4) is 0 Å². The number of pyridine rings is 1. The first kappa shape index (κ1) is 16.8. The van der Waals surface area contributed by atoms with Gasteiger partial charge in [-0.25, -0.2) is 9.97 Å². The normalized spacial score (nSPS) is 16.7. The summed E-state index contributed by atoms with van der Waals surface area (Å²) in [6.45, 7) is 2.09. The lowest BCUT2D eigenvalue weighted by molar-refractivity contribution is 0.758. The molecule has 140 valence electrons. The van der Waals surface area contributed by atoms with Gasteiger partial charge < -0.3 is 15.6 Å². The lowest BCUT2D eigenvalue weighted by Crippen LogP contribution is -2.09. The third-order valence-corrected chi connectivity index (χ3v) is 5.46. The predicted molar refractivity (Wildman–Crippen MR) is 113 cm³/mol. The number of imidazole rings is 1. The average molecular weight is 369 g/mol. The molecule has 1 unspecified atom stereocenters. The van der Waals surface area contributed by atoms with E-state index in [1.54, 1.807) is 6.20 Å². The van der Waals surface area contributed by atoms with Gasteiger partial charge in [-0.05, 0) is 61.2 Å². The number of anilines is 2. The van der Waals surface area contributed by atoms with Crippen molar-refractivity contribution in [1.82, 2.24) is 15.0 Å². The Balaban J connectivity index is 1.34. The Morgan fingerprint density at radius 3 is 2.93 bits per heavy atom. The summed E-state index contributed by atoms with van der Waals surface area (Å²) < 4.78 is 0. The molecule has 0 aliphatic heterocycles. The predicted octanol–water partition coefficient (Wildman–Crippen LogP) is 5.23. The first-order valence-electron chi connectivity index (χ1n) is 9.77. The molecule has 0 fully saturated rings. The van der Waals surface area contributed by atoms with Gasteiger partial charge >= 0.3 is 0 Å². The van der Waals surface area contributed by atoms with E-state index in [0.717, 1.165) is 41.1 Å². The van der Waals surface area contributed by atoms with Crippen molar-refractivity contribution in [1.29, 1.82) is 0 Å². The Morgan fingerprint density at radius 1 is 1.11 bits per heavy atom. The molecule has 0 spiro atoms. The molecule has 2 heterocycles. The van der Waals surface area contributed by atoms with E-state index in [4.69, 9.17) is 4.98 Å². The molecule has 0 saturated carbocycles. The van der Waals surface area contributed by atoms with Crippen LogP contribution in [0.15, 0.2) is 67.0 Å². The molecule has 4 aromatic rings. The van der Waals surface area contributed by atoms with Crippen LogP contribution in [0, 0.1) is 0 Å². The van der Waals surface area contributed by atoms with Gasteiger partial charge in [-0.3, -0.25) is 0 Å². The summed E-state index contributed by atoms with van der Waals surface area (Å²) in [5.41, 5.74) is 4.90. The molecular formula is C23H23N5. The number of benzene rings is 2. The van der Waals surface area contributed by atoms with Gasteiger partial charge in [-0.2, -0.15) is 0 Å². The molecule has 28 heavy (non-hydrogen) atoms. The second-order valence-corrected chi connectivity index (χ2v) is 7.38. The molecule has 0 amide bonds. The molecule has 5 heteroatoms. The van der Waals surface area contributed by atoms with Crippen molar-refractivity contribution < 1.29 is 0 Å². The van der Waals surface area contributed by atoms with Gasteiger partial charge in [-0.1, -0.05) is 24.3 Å². The monoisotopic (exact) mass is 369 g/mol. The van der Waals surface area contributed by atoms with Crippen LogP contribution in [0.5, 0.6) is 0 Å². The van der Waals surface area contributed by atoms with Crippen LogP contribution in [0.25, 0.3) is 10.9 Å². The minimum absolute atomic E-state index is 0.115. The number of hydrogen-bond donors (Lipinski definition) is 3. The van der Waals surface area contributed by atoms with Crippen molar-refractivity contribution in [2.45, 2.75) is 31.8 Å². The standard InChI is InChI=1S/C23H23N5/c1-15(23-24-12-13-25-23)26-18-8-10-20-17(14-18)7-11-22(27-20)28-21-9-6-16-4-2-3-5-19(16)21/h2-5,7-8,10-15,21,26H,6,9H2,1H3,(H,24,25)(H,27,28)/t15-,21?/m1/s1. The van der Waals surface area contributed by atoms with E-state index in [0.29, 0.717) is 6.04 Å². The zero-order valence-corrected chi connectivity index (χ0v) is 15.8. The van der Waals surface area contributed by atoms with Crippen LogP contribution in [0.4, 0.5) is 11.5 Å². The molecule has 0 radical (unpaired) electrons. The number of fused-ring (bicyclic) bond motifs is 2. The lowest BCUT2D eigenvalue weighted by atomic mass is 10.1. The molecule has 0 saturated heterocycles. The van der Waals surface area contributed by atoms with Crippen LogP contribution in [-0.4, -0.2) is 15.0 Å². The smallest absolute Gasteiger partial charge is 0.128 e. The zero-order valence-electron chi connectivity index (χ0n) is 15.8. The molecule has 0 bridgehead atoms. The highest BCUT2D eigenvalue weighted by atomic mass is 15.0. The van der Waals surface area contributed by atoms with Gasteiger partial charge in [-0.15, -0.1) is 0 Å². The number of H-pyrrole nitrogens is 1. The first-order valence-corrected chi connectivity index (χ1v) is 9.77. The van der Waals surface area contributed by atoms with Gasteiger partial charge in [0.15, 0.2) is 0 Å². The fourth-order valence-corrected chi connectivity index (χ4v) is 4.01. The molecule has 2 atom stereocenters. The molecule has 2 aromatic carbocycles. The lowest BCUT2D eigenvalue weighted by Gasteiger charge is -2.16. The van der Waals surface area contributed by atoms with Crippen LogP contribution in [0.1, 0.15) is 42.4 Å². The summed E-state index contributed by atoms with van der Waals surface area (Å²) in [4.78, 5) is 12.3. The van der Waals surface area contributed by atoms with Crippen molar-refractivity contribution in [2.24, 2.45) is 0 Å². The van der Waals surface area contributed by atoms with Crippen molar-refractivity contribution in [3.05, 3.63) is 83.9 Å². The summed E-state index contributed by atoms with van der Waals surface area (Å²) >= 11 is 0. The summed E-state index contributed by atoms with van der Waals surface area (Å²) in [7, 11) is 0. The molecule has 5 rings (SSSR count). The second-order valence-electron chi connectivity index (χ2n) is 7.38. The largest absolute Gasteiger partial charge is 0.375 e. The van der Waals surface area contributed by atoms with Crippen LogP contribution in [-0.2, 0) is 6.42 Å². The summed E-state index contributed by atoms with van der Waals surface area (Å²) in [5, 5.41) is 8.22. The van der Waals surface area contributed by atoms with Crippen LogP contribution < -0.4 is 10.6 Å². The van der Waals surface area contributed by atoms with Gasteiger partial charge in [0.2, 0.25) is 0 Å². The maximum atomic E-state index is 4.82. The van der Waals surface area contributed by atoms with Crippen molar-refractivity contribution >= 4 is 22.4 Å². The summed E-state index contributed by atoms with van der Waals surface area (Å²) in [5.74, 6) is 1.86. The van der Waals surface area contributed by atoms with Crippen molar-refractivity contribution in [3.8, 4) is 0 Å². The molecule has 2 aromatic heterocycles. The third-order valence-electron chi connectivity index (χ3n) is 5.46. The van der Waals surface area contributed by atoms with Crippen LogP contribution in [0.2, 0.25) is 0 Å². The quantitative estimate of drug-likeness (QED) is 0.451. The Bertz CT molecular complexity index is 1100. The SMILES string of the molecule is C[C@@H](Nc1ccc2nc(NC3CCc4ccccc43)ccc2c1)c1ncc[nH]1. The highest BCUT2D eigenvalue weighted by Crippen LogP contribution is 2.33. The number of rotatable bonds is 5. The topological polar surface area (TPSA) is 65.6 Å². The average Bonchev–Trinajstić information content (AvgIpc) is 3.39. The van der Waals surface area contributed by atoms with E-state index in [1.807, 2.05) is 6.20 Å². The molecule has 1 aliphatic carbocycles. The van der Waals surface area contributed by atoms with E-state index < -0.39 is 0 Å². The maximum Gasteiger partial charge on any atom is 0.128 e. The number of aryl methyl sites for hydroxylation is 1. The van der Waals surface area contributed by atoms with Crippen molar-refractivity contribution in [3.63, 3.8) is 0 Å². The van der Waals surface area contributed by atoms with E-state index in [9.17, 15) is 0 Å². The van der Waals surface area contributed by atoms with E-state index in [2.05, 4.69) is 82.1 Å². The number of aromatic nitrogens is 3. The zero-order chi connectivity index (χ0) is 18.9. The number of nitrogens with zero attached hydrogens (tertiary/aromatic N) is 2. The Hall–Kier alpha value is -3.34. The van der Waals surface area contributed by atoms with E-state index in [-0.39, 0.29) is 6.04 Å². The van der Waals surface area contributed by atoms with Gasteiger partial charge in [0.1, 0.15) is 11.6 Å². The highest BCUT2D eigenvalue weighted by molar-refractivity contribution is 5.83. The second kappa shape index (κ2) is 7.00. The molecular weight excluding hydrogens is 346 g/mol. The third kappa shape index (κ3) is 3.20. The van der Waals surface area contributed by atoms with Gasteiger partial charge in [0.05, 0.1) is 17.6 Å². The van der Waals surface area contributed by atoms with E-state index >= 15 is 0 Å². The van der Waals surface area contributed by atoms with Gasteiger partial charge in [0, 0.05) is 23.5 Å². The summed E-state index contributed by atoms with van der Waals surface area (Å²) in [6, 6.07) is 19.6. The Kier molecular flexibility index (Phi) is 4.20. The van der Waals surface area contributed by atoms with Gasteiger partial charge in [0.25, 0.3) is 0 Å². The number of hydrogen-bond acceptors (Lipinski definition) is 4. The fourth-order valence-electron chi connectivity index (χ4n) is 4.01. The minimum Gasteiger partial charge on any atom is -0.375 e. The van der Waals surface area contributed by atoms with E-state index in [1.165, 1.54) is 11.1 Å². The summed E-state index contributed by atoms with van der Waals surface area (Å²) in [6.07, 6.45) is 5.86. The fraction of sp³-hybridized carbons (Fsp3) is 0.217. The number of aromatic amines is 1. The molecule has 5 nitrogen and oxygen atoms in total. The number of nitrogens with one attached hydrogen (secondary N) is 3. The minimum atomic E-state index is 0.115. The Morgan fingerprint density at radius 2 is 2.04 bits per heavy atom.